The number of fused-ring (bicyclic) bond motifs is 3. The molecule has 3 aromatic rings. The minimum atomic E-state index is -0.343. The summed E-state index contributed by atoms with van der Waals surface area (Å²) in [5.74, 6) is -1.08. The first kappa shape index (κ1) is 19.9. The van der Waals surface area contributed by atoms with Crippen LogP contribution >= 0.6 is 11.6 Å². The third-order valence-corrected chi connectivity index (χ3v) is 5.86. The van der Waals surface area contributed by atoms with Crippen molar-refractivity contribution in [2.75, 3.05) is 0 Å². The van der Waals surface area contributed by atoms with E-state index in [0.29, 0.717) is 22.3 Å². The van der Waals surface area contributed by atoms with Gasteiger partial charge in [-0.1, -0.05) is 60.1 Å². The Balaban J connectivity index is 1.42. The monoisotopic (exact) mass is 438 g/mol. The summed E-state index contributed by atoms with van der Waals surface area (Å²) in [6.45, 7) is 0. The van der Waals surface area contributed by atoms with Crippen LogP contribution in [0.25, 0.3) is 16.5 Å². The number of Topliss-reactive ketones (excluding diaryl/α,β-unsaturated/α-hetero) is 3. The van der Waals surface area contributed by atoms with Crippen molar-refractivity contribution in [3.8, 4) is 0 Å². The van der Waals surface area contributed by atoms with Gasteiger partial charge in [0.15, 0.2) is 17.3 Å². The lowest BCUT2D eigenvalue weighted by Gasteiger charge is -2.02. The number of rotatable bonds is 3. The summed E-state index contributed by atoms with van der Waals surface area (Å²) in [6, 6.07) is 17.8. The normalized spacial score (nSPS) is 15.8. The molecule has 154 valence electrons. The zero-order chi connectivity index (χ0) is 22.4. The van der Waals surface area contributed by atoms with Crippen LogP contribution in [-0.2, 0) is 0 Å². The molecule has 0 fully saturated rings. The van der Waals surface area contributed by atoms with Gasteiger partial charge in [0, 0.05) is 27.3 Å². The largest absolute Gasteiger partial charge is 0.507 e. The third-order valence-electron chi connectivity index (χ3n) is 5.61. The summed E-state index contributed by atoms with van der Waals surface area (Å²) in [7, 11) is 0. The predicted octanol–water partition coefficient (Wildman–Crippen LogP) is 5.99. The van der Waals surface area contributed by atoms with E-state index in [-0.39, 0.29) is 39.3 Å². The fourth-order valence-corrected chi connectivity index (χ4v) is 4.11. The summed E-state index contributed by atoms with van der Waals surface area (Å²) < 4.78 is 0. The van der Waals surface area contributed by atoms with Crippen LogP contribution in [0.1, 0.15) is 36.6 Å². The van der Waals surface area contributed by atoms with Crippen molar-refractivity contribution in [2.24, 2.45) is 0 Å². The van der Waals surface area contributed by atoms with E-state index in [2.05, 4.69) is 0 Å². The van der Waals surface area contributed by atoms with Gasteiger partial charge in [0.25, 0.3) is 0 Å². The first-order valence-corrected chi connectivity index (χ1v) is 10.3. The summed E-state index contributed by atoms with van der Waals surface area (Å²) in [5, 5.41) is 12.6. The van der Waals surface area contributed by atoms with Gasteiger partial charge in [0.1, 0.15) is 5.76 Å². The van der Waals surface area contributed by atoms with Crippen molar-refractivity contribution >= 4 is 45.5 Å². The molecule has 0 heterocycles. The van der Waals surface area contributed by atoms with Crippen molar-refractivity contribution in [2.45, 2.75) is 0 Å². The van der Waals surface area contributed by atoms with Gasteiger partial charge in [0.2, 0.25) is 0 Å². The third kappa shape index (κ3) is 3.13. The molecule has 2 aliphatic carbocycles. The van der Waals surface area contributed by atoms with Crippen molar-refractivity contribution < 1.29 is 19.5 Å². The van der Waals surface area contributed by atoms with Crippen LogP contribution < -0.4 is 0 Å². The second-order valence-electron chi connectivity index (χ2n) is 7.51. The maximum absolute atomic E-state index is 12.8. The molecule has 0 aliphatic heterocycles. The van der Waals surface area contributed by atoms with Gasteiger partial charge in [-0.2, -0.15) is 0 Å². The van der Waals surface area contributed by atoms with E-state index >= 15 is 0 Å². The Morgan fingerprint density at radius 3 is 1.94 bits per heavy atom. The predicted molar refractivity (Wildman–Crippen MR) is 124 cm³/mol. The Hall–Kier alpha value is -4.02. The molecule has 32 heavy (non-hydrogen) atoms. The fourth-order valence-electron chi connectivity index (χ4n) is 3.98. The molecule has 0 amide bonds. The van der Waals surface area contributed by atoms with Crippen LogP contribution in [0.5, 0.6) is 0 Å². The molecule has 5 heteroatoms. The van der Waals surface area contributed by atoms with E-state index in [9.17, 15) is 19.5 Å². The number of hydrogen-bond donors (Lipinski definition) is 1. The lowest BCUT2D eigenvalue weighted by atomic mass is 10.0. The number of hydrogen-bond acceptors (Lipinski definition) is 4. The lowest BCUT2D eigenvalue weighted by Crippen LogP contribution is -1.99. The summed E-state index contributed by atoms with van der Waals surface area (Å²) in [6.07, 6.45) is 5.69. The van der Waals surface area contributed by atoms with E-state index in [1.54, 1.807) is 36.4 Å². The average molecular weight is 439 g/mol. The molecule has 0 radical (unpaired) electrons. The number of aliphatic hydroxyl groups excluding tert-OH is 1. The number of halogens is 1. The molecule has 0 unspecified atom stereocenters. The molecule has 0 bridgehead atoms. The highest BCUT2D eigenvalue weighted by molar-refractivity contribution is 6.39. The van der Waals surface area contributed by atoms with Crippen molar-refractivity contribution in [1.29, 1.82) is 0 Å². The van der Waals surface area contributed by atoms with Gasteiger partial charge in [-0.05, 0) is 47.2 Å². The number of ketones is 3. The van der Waals surface area contributed by atoms with E-state index in [0.717, 1.165) is 10.8 Å². The smallest absolute Gasteiger partial charge is 0.197 e. The Morgan fingerprint density at radius 1 is 0.750 bits per heavy atom. The Labute approximate surface area is 188 Å². The van der Waals surface area contributed by atoms with Crippen molar-refractivity contribution in [3.63, 3.8) is 0 Å². The fraction of sp³-hybridized carbons (Fsp3) is 0. The van der Waals surface area contributed by atoms with Gasteiger partial charge >= 0.3 is 0 Å². The van der Waals surface area contributed by atoms with Crippen LogP contribution in [0.2, 0.25) is 0 Å². The van der Waals surface area contributed by atoms with Gasteiger partial charge in [-0.3, -0.25) is 14.4 Å². The molecule has 2 aliphatic rings. The van der Waals surface area contributed by atoms with Gasteiger partial charge in [0.05, 0.1) is 11.1 Å². The quantitative estimate of drug-likeness (QED) is 0.310. The zero-order valence-electron chi connectivity index (χ0n) is 16.6. The molecule has 1 N–H and O–H groups in total. The summed E-state index contributed by atoms with van der Waals surface area (Å²) >= 11 is 6.23. The second-order valence-corrected chi connectivity index (χ2v) is 7.94. The minimum Gasteiger partial charge on any atom is -0.507 e. The number of carbonyl (C=O) groups is 3. The Kier molecular flexibility index (Phi) is 4.72. The highest BCUT2D eigenvalue weighted by atomic mass is 35.5. The summed E-state index contributed by atoms with van der Waals surface area (Å²) in [4.78, 5) is 37.7. The van der Waals surface area contributed by atoms with E-state index in [1.165, 1.54) is 24.3 Å². The molecule has 5 rings (SSSR count). The molecule has 0 saturated carbocycles. The Bertz CT molecular complexity index is 1450. The Morgan fingerprint density at radius 2 is 1.31 bits per heavy atom. The summed E-state index contributed by atoms with van der Waals surface area (Å²) in [5.41, 5.74) is 1.84. The first-order chi connectivity index (χ1) is 15.5. The standard InChI is InChI=1S/C27H15ClO4/c28-17(9-11-20-24(29)18-7-3-4-8-19(18)25(20)30)10-12-21-26(31)22-13-15-5-1-2-6-16(15)14-23(22)27(21)32/h1-14,31H/b12-10+,17-9+. The maximum atomic E-state index is 12.8. The molecular formula is C27H15ClO4. The highest BCUT2D eigenvalue weighted by Crippen LogP contribution is 2.35. The van der Waals surface area contributed by atoms with Crippen LogP contribution in [0.15, 0.2) is 101 Å². The molecular weight excluding hydrogens is 424 g/mol. The first-order valence-electron chi connectivity index (χ1n) is 9.91. The van der Waals surface area contributed by atoms with Crippen LogP contribution in [0, 0.1) is 0 Å². The number of carbonyl (C=O) groups excluding carboxylic acids is 3. The SMILES string of the molecule is O=C1C(=C/C=C(Cl)\C=C\C2=C(O)c3cc4ccccc4cc3C2=O)C(=O)c2ccccc21. The number of allylic oxidation sites excluding steroid dienone is 7. The van der Waals surface area contributed by atoms with Gasteiger partial charge < -0.3 is 5.11 Å². The molecule has 0 atom stereocenters. The lowest BCUT2D eigenvalue weighted by molar-refractivity contribution is 0.0986. The molecule has 0 saturated heterocycles. The van der Waals surface area contributed by atoms with E-state index < -0.39 is 0 Å². The average Bonchev–Trinajstić information content (AvgIpc) is 3.19. The molecule has 4 nitrogen and oxygen atoms in total. The topological polar surface area (TPSA) is 71.4 Å². The van der Waals surface area contributed by atoms with E-state index in [1.807, 2.05) is 24.3 Å². The van der Waals surface area contributed by atoms with Crippen molar-refractivity contribution in [1.82, 2.24) is 0 Å². The zero-order valence-corrected chi connectivity index (χ0v) is 17.4. The van der Waals surface area contributed by atoms with Gasteiger partial charge in [-0.25, -0.2) is 0 Å². The second kappa shape index (κ2) is 7.59. The molecule has 0 aromatic heterocycles. The van der Waals surface area contributed by atoms with Crippen LogP contribution in [0.4, 0.5) is 0 Å². The van der Waals surface area contributed by atoms with Crippen LogP contribution in [-0.4, -0.2) is 22.5 Å². The maximum Gasteiger partial charge on any atom is 0.197 e. The minimum absolute atomic E-state index is 0.0378. The van der Waals surface area contributed by atoms with E-state index in [4.69, 9.17) is 11.6 Å². The number of aliphatic hydroxyl groups is 1. The van der Waals surface area contributed by atoms with Crippen molar-refractivity contribution in [3.05, 3.63) is 123 Å². The van der Waals surface area contributed by atoms with Crippen LogP contribution in [0.3, 0.4) is 0 Å². The van der Waals surface area contributed by atoms with Gasteiger partial charge in [-0.15, -0.1) is 0 Å². The molecule has 3 aromatic carbocycles. The molecule has 0 spiro atoms. The highest BCUT2D eigenvalue weighted by Gasteiger charge is 2.32. The number of benzene rings is 3.